The minimum absolute atomic E-state index is 0.214. The van der Waals surface area contributed by atoms with Crippen molar-refractivity contribution in [1.29, 1.82) is 0 Å². The van der Waals surface area contributed by atoms with Gasteiger partial charge in [-0.1, -0.05) is 0 Å². The molecule has 2 aromatic rings. The van der Waals surface area contributed by atoms with Crippen molar-refractivity contribution in [2.45, 2.75) is 31.0 Å². The molecular weight excluding hydrogens is 266 g/mol. The minimum Gasteiger partial charge on any atom is -0.394 e. The van der Waals surface area contributed by atoms with Gasteiger partial charge in [-0.25, -0.2) is 15.0 Å². The molecule has 108 valence electrons. The van der Waals surface area contributed by atoms with Gasteiger partial charge in [0.1, 0.15) is 29.7 Å². The maximum absolute atomic E-state index is 10.4. The van der Waals surface area contributed by atoms with Gasteiger partial charge in [0.15, 0.2) is 17.7 Å². The molecule has 1 aliphatic heterocycles. The number of anilines is 1. The van der Waals surface area contributed by atoms with Gasteiger partial charge in [0.2, 0.25) is 0 Å². The van der Waals surface area contributed by atoms with E-state index in [1.807, 2.05) is 0 Å². The van der Waals surface area contributed by atoms with Gasteiger partial charge in [-0.05, 0) is 6.92 Å². The first-order valence-electron chi connectivity index (χ1n) is 6.06. The molecule has 0 aromatic carbocycles. The Hall–Kier alpha value is -1.81. The zero-order valence-corrected chi connectivity index (χ0v) is 10.7. The maximum Gasteiger partial charge on any atom is 0.168 e. The highest BCUT2D eigenvalue weighted by Crippen LogP contribution is 2.39. The van der Waals surface area contributed by atoms with E-state index in [0.717, 1.165) is 0 Å². The topological polar surface area (TPSA) is 140 Å². The lowest BCUT2D eigenvalue weighted by molar-refractivity contribution is -0.0950. The van der Waals surface area contributed by atoms with Gasteiger partial charge < -0.3 is 25.8 Å². The number of nitrogens with two attached hydrogens (primary N) is 1. The van der Waals surface area contributed by atoms with Crippen molar-refractivity contribution < 1.29 is 20.1 Å². The Balaban J connectivity index is 2.10. The van der Waals surface area contributed by atoms with Gasteiger partial charge in [0, 0.05) is 0 Å². The Morgan fingerprint density at radius 2 is 2.20 bits per heavy atom. The lowest BCUT2D eigenvalue weighted by Crippen LogP contribution is -2.44. The number of aliphatic hydroxyl groups is 3. The summed E-state index contributed by atoms with van der Waals surface area (Å²) in [7, 11) is 0. The average molecular weight is 281 g/mol. The molecule has 1 aliphatic rings. The van der Waals surface area contributed by atoms with Crippen LogP contribution in [-0.4, -0.2) is 59.3 Å². The van der Waals surface area contributed by atoms with Gasteiger partial charge in [-0.3, -0.25) is 4.57 Å². The molecule has 0 aliphatic carbocycles. The summed E-state index contributed by atoms with van der Waals surface area (Å²) in [5.41, 5.74) is 4.87. The number of hydrogen-bond donors (Lipinski definition) is 4. The predicted octanol–water partition coefficient (Wildman–Crippen LogP) is -1.59. The number of nitrogens with zero attached hydrogens (tertiary/aromatic N) is 4. The van der Waals surface area contributed by atoms with Crippen LogP contribution in [0.2, 0.25) is 0 Å². The molecule has 0 spiro atoms. The second kappa shape index (κ2) is 4.35. The third-order valence-corrected chi connectivity index (χ3v) is 3.57. The molecular formula is C11H15N5O4. The summed E-state index contributed by atoms with van der Waals surface area (Å²) in [6, 6.07) is 0. The first-order valence-corrected chi connectivity index (χ1v) is 6.06. The number of nitrogen functional groups attached to an aromatic ring is 1. The van der Waals surface area contributed by atoms with Crippen LogP contribution in [0.5, 0.6) is 0 Å². The normalized spacial score (nSPS) is 33.9. The lowest BCUT2D eigenvalue weighted by atomic mass is 9.96. The fourth-order valence-electron chi connectivity index (χ4n) is 2.43. The van der Waals surface area contributed by atoms with Crippen molar-refractivity contribution >= 4 is 17.0 Å². The molecule has 0 amide bonds. The van der Waals surface area contributed by atoms with Gasteiger partial charge in [-0.15, -0.1) is 0 Å². The number of imidazole rings is 1. The summed E-state index contributed by atoms with van der Waals surface area (Å²) in [4.78, 5) is 12.0. The first-order chi connectivity index (χ1) is 9.46. The summed E-state index contributed by atoms with van der Waals surface area (Å²) in [6.45, 7) is 1.02. The average Bonchev–Trinajstić information content (AvgIpc) is 2.92. The molecule has 3 heterocycles. The fraction of sp³-hybridized carbons (Fsp3) is 0.545. The monoisotopic (exact) mass is 281 g/mol. The predicted molar refractivity (Wildman–Crippen MR) is 67.4 cm³/mol. The highest BCUT2D eigenvalue weighted by Gasteiger charge is 2.53. The molecule has 0 unspecified atom stereocenters. The van der Waals surface area contributed by atoms with Crippen LogP contribution in [0.4, 0.5) is 5.82 Å². The van der Waals surface area contributed by atoms with Gasteiger partial charge in [0.05, 0.1) is 12.9 Å². The van der Waals surface area contributed by atoms with Crippen LogP contribution in [-0.2, 0) is 4.74 Å². The summed E-state index contributed by atoms with van der Waals surface area (Å²) in [5, 5.41) is 29.6. The number of aliphatic hydroxyl groups excluding tert-OH is 2. The Kier molecular flexibility index (Phi) is 2.87. The van der Waals surface area contributed by atoms with Gasteiger partial charge >= 0.3 is 0 Å². The summed E-state index contributed by atoms with van der Waals surface area (Å²) in [5.74, 6) is 0.214. The van der Waals surface area contributed by atoms with Crippen LogP contribution in [0, 0.1) is 0 Å². The Morgan fingerprint density at radius 3 is 2.85 bits per heavy atom. The molecule has 3 rings (SSSR count). The second-order valence-electron chi connectivity index (χ2n) is 4.96. The highest BCUT2D eigenvalue weighted by molar-refractivity contribution is 5.81. The van der Waals surface area contributed by atoms with Crippen molar-refractivity contribution in [2.75, 3.05) is 12.3 Å². The van der Waals surface area contributed by atoms with Crippen molar-refractivity contribution in [3.8, 4) is 0 Å². The van der Waals surface area contributed by atoms with Gasteiger partial charge in [-0.2, -0.15) is 0 Å². The van der Waals surface area contributed by atoms with E-state index in [2.05, 4.69) is 15.0 Å². The smallest absolute Gasteiger partial charge is 0.168 e. The van der Waals surface area contributed by atoms with Crippen molar-refractivity contribution in [3.05, 3.63) is 12.7 Å². The van der Waals surface area contributed by atoms with Crippen LogP contribution in [0.3, 0.4) is 0 Å². The molecule has 0 bridgehead atoms. The summed E-state index contributed by atoms with van der Waals surface area (Å²) >= 11 is 0. The quantitative estimate of drug-likeness (QED) is 0.516. The molecule has 2 aromatic heterocycles. The molecule has 0 saturated carbocycles. The Morgan fingerprint density at radius 1 is 1.45 bits per heavy atom. The molecule has 0 radical (unpaired) electrons. The Labute approximate surface area is 113 Å². The van der Waals surface area contributed by atoms with E-state index in [0.29, 0.717) is 11.2 Å². The van der Waals surface area contributed by atoms with Crippen LogP contribution in [0.15, 0.2) is 12.7 Å². The molecule has 1 fully saturated rings. The molecule has 9 nitrogen and oxygen atoms in total. The van der Waals surface area contributed by atoms with Crippen LogP contribution >= 0.6 is 0 Å². The SMILES string of the molecule is C[C@]1(O)[C@H](O)[C@@H](CO)O[C@@H]1n1cnc2c(N)ncnc21. The van der Waals surface area contributed by atoms with E-state index in [4.69, 9.17) is 10.5 Å². The molecule has 4 atom stereocenters. The van der Waals surface area contributed by atoms with Crippen molar-refractivity contribution in [3.63, 3.8) is 0 Å². The number of fused-ring (bicyclic) bond motifs is 1. The van der Waals surface area contributed by atoms with Crippen LogP contribution < -0.4 is 5.73 Å². The third kappa shape index (κ3) is 1.68. The van der Waals surface area contributed by atoms with Gasteiger partial charge in [0.25, 0.3) is 0 Å². The minimum atomic E-state index is -1.60. The summed E-state index contributed by atoms with van der Waals surface area (Å²) < 4.78 is 6.97. The van der Waals surface area contributed by atoms with E-state index < -0.39 is 30.6 Å². The van der Waals surface area contributed by atoms with Crippen LogP contribution in [0.1, 0.15) is 13.2 Å². The number of hydrogen-bond acceptors (Lipinski definition) is 8. The van der Waals surface area contributed by atoms with Crippen molar-refractivity contribution in [1.82, 2.24) is 19.5 Å². The number of aromatic nitrogens is 4. The molecule has 9 heteroatoms. The van der Waals surface area contributed by atoms with Crippen LogP contribution in [0.25, 0.3) is 11.2 Å². The summed E-state index contributed by atoms with van der Waals surface area (Å²) in [6.07, 6.45) is -0.365. The zero-order chi connectivity index (χ0) is 14.5. The number of rotatable bonds is 2. The van der Waals surface area contributed by atoms with E-state index in [-0.39, 0.29) is 5.82 Å². The first kappa shape index (κ1) is 13.2. The lowest BCUT2D eigenvalue weighted by Gasteiger charge is -2.27. The standard InChI is InChI=1S/C11H15N5O4/c1-11(19)7(18)5(2-17)20-10(11)16-4-15-6-8(12)13-3-14-9(6)16/h3-5,7,10,17-19H,2H2,1H3,(H2,12,13,14)/t5-,7-,10+,11+/m1/s1. The molecule has 5 N–H and O–H groups in total. The second-order valence-corrected chi connectivity index (χ2v) is 4.96. The zero-order valence-electron chi connectivity index (χ0n) is 10.7. The maximum atomic E-state index is 10.4. The van der Waals surface area contributed by atoms with E-state index in [9.17, 15) is 15.3 Å². The third-order valence-electron chi connectivity index (χ3n) is 3.57. The fourth-order valence-corrected chi connectivity index (χ4v) is 2.43. The molecule has 20 heavy (non-hydrogen) atoms. The van der Waals surface area contributed by atoms with E-state index in [1.54, 1.807) is 0 Å². The van der Waals surface area contributed by atoms with E-state index in [1.165, 1.54) is 24.1 Å². The van der Waals surface area contributed by atoms with E-state index >= 15 is 0 Å². The largest absolute Gasteiger partial charge is 0.394 e. The highest BCUT2D eigenvalue weighted by atomic mass is 16.6. The van der Waals surface area contributed by atoms with Crippen molar-refractivity contribution in [2.24, 2.45) is 0 Å². The Bertz CT molecular complexity index is 643. The number of ether oxygens (including phenoxy) is 1. The molecule has 1 saturated heterocycles.